The molecule has 1 aliphatic heterocycles. The Morgan fingerprint density at radius 1 is 1.17 bits per heavy atom. The van der Waals surface area contributed by atoms with Crippen LogP contribution in [0.3, 0.4) is 0 Å². The third kappa shape index (κ3) is 4.53. The van der Waals surface area contributed by atoms with E-state index in [9.17, 15) is 9.18 Å². The molecule has 1 fully saturated rings. The van der Waals surface area contributed by atoms with Crippen molar-refractivity contribution in [3.8, 4) is 0 Å². The van der Waals surface area contributed by atoms with Gasteiger partial charge < -0.3 is 4.90 Å². The number of thiophene rings is 1. The molecule has 0 saturated carbocycles. The molecule has 2 aromatic rings. The Morgan fingerprint density at radius 2 is 1.96 bits per heavy atom. The van der Waals surface area contributed by atoms with Crippen LogP contribution in [-0.2, 0) is 17.8 Å². The molecule has 0 N–H and O–H groups in total. The van der Waals surface area contributed by atoms with Gasteiger partial charge in [0.25, 0.3) is 0 Å². The maximum Gasteiger partial charge on any atom is 0.227 e. The number of benzene rings is 1. The van der Waals surface area contributed by atoms with Gasteiger partial charge in [-0.15, -0.1) is 11.3 Å². The molecule has 0 atom stereocenters. The summed E-state index contributed by atoms with van der Waals surface area (Å²) >= 11 is 7.55. The Bertz CT molecular complexity index is 683. The monoisotopic (exact) mass is 352 g/mol. The van der Waals surface area contributed by atoms with Crippen molar-refractivity contribution in [2.45, 2.75) is 13.0 Å². The first-order chi connectivity index (χ1) is 11.1. The Balaban J connectivity index is 1.49. The van der Waals surface area contributed by atoms with Crippen molar-refractivity contribution >= 4 is 28.8 Å². The van der Waals surface area contributed by atoms with Crippen LogP contribution in [0.25, 0.3) is 0 Å². The maximum absolute atomic E-state index is 13.2. The average molecular weight is 353 g/mol. The molecule has 1 amide bonds. The molecule has 1 aromatic carbocycles. The molecule has 0 radical (unpaired) electrons. The summed E-state index contributed by atoms with van der Waals surface area (Å²) in [5.41, 5.74) is 0.727. The highest BCUT2D eigenvalue weighted by Crippen LogP contribution is 2.23. The lowest BCUT2D eigenvalue weighted by molar-refractivity contribution is -0.132. The number of carbonyl (C=O) groups excluding carboxylic acids is 1. The fourth-order valence-electron chi connectivity index (χ4n) is 2.75. The van der Waals surface area contributed by atoms with Gasteiger partial charge in [0.15, 0.2) is 0 Å². The Hall–Kier alpha value is -1.43. The summed E-state index contributed by atoms with van der Waals surface area (Å²) in [5, 5.41) is 0. The van der Waals surface area contributed by atoms with Gasteiger partial charge in [0, 0.05) is 37.6 Å². The fraction of sp³-hybridized carbons (Fsp3) is 0.353. The van der Waals surface area contributed by atoms with Crippen LogP contribution < -0.4 is 0 Å². The zero-order valence-electron chi connectivity index (χ0n) is 12.7. The van der Waals surface area contributed by atoms with Crippen molar-refractivity contribution < 1.29 is 9.18 Å². The summed E-state index contributed by atoms with van der Waals surface area (Å²) in [6.07, 6.45) is 0.262. The zero-order valence-corrected chi connectivity index (χ0v) is 14.2. The number of carbonyl (C=O) groups is 1. The lowest BCUT2D eigenvalue weighted by atomic mass is 10.1. The van der Waals surface area contributed by atoms with E-state index in [1.54, 1.807) is 23.5 Å². The normalized spacial score (nSPS) is 15.8. The van der Waals surface area contributed by atoms with E-state index in [1.807, 2.05) is 11.0 Å². The topological polar surface area (TPSA) is 23.6 Å². The molecule has 122 valence electrons. The summed E-state index contributed by atoms with van der Waals surface area (Å²) in [4.78, 5) is 17.8. The van der Waals surface area contributed by atoms with Gasteiger partial charge in [0.2, 0.25) is 5.91 Å². The highest BCUT2D eigenvalue weighted by molar-refractivity contribution is 7.16. The molecule has 1 aliphatic rings. The standard InChI is InChI=1S/C17H18ClFN2OS/c18-16-5-4-15(23-16)12-20-6-8-21(9-7-20)17(22)11-13-2-1-3-14(19)10-13/h1-5,10H,6-9,11-12H2. The summed E-state index contributed by atoms with van der Waals surface area (Å²) in [6, 6.07) is 10.2. The Labute approximate surface area is 144 Å². The predicted octanol–water partition coefficient (Wildman–Crippen LogP) is 3.43. The number of hydrogen-bond acceptors (Lipinski definition) is 3. The first-order valence-electron chi connectivity index (χ1n) is 7.59. The summed E-state index contributed by atoms with van der Waals surface area (Å²) < 4.78 is 14.0. The molecule has 0 unspecified atom stereocenters. The van der Waals surface area contributed by atoms with E-state index in [2.05, 4.69) is 11.0 Å². The molecule has 1 saturated heterocycles. The molecule has 3 nitrogen and oxygen atoms in total. The molecule has 0 bridgehead atoms. The molecule has 0 spiro atoms. The largest absolute Gasteiger partial charge is 0.340 e. The molecule has 6 heteroatoms. The van der Waals surface area contributed by atoms with Gasteiger partial charge in [-0.1, -0.05) is 23.7 Å². The van der Waals surface area contributed by atoms with Gasteiger partial charge >= 0.3 is 0 Å². The molecule has 2 heterocycles. The smallest absolute Gasteiger partial charge is 0.227 e. The number of amides is 1. The van der Waals surface area contributed by atoms with Crippen LogP contribution in [0.15, 0.2) is 36.4 Å². The van der Waals surface area contributed by atoms with E-state index in [0.717, 1.165) is 29.5 Å². The number of halogens is 2. The molecule has 1 aromatic heterocycles. The van der Waals surface area contributed by atoms with Crippen LogP contribution in [0.4, 0.5) is 4.39 Å². The summed E-state index contributed by atoms with van der Waals surface area (Å²) in [7, 11) is 0. The number of nitrogens with zero attached hydrogens (tertiary/aromatic N) is 2. The first-order valence-corrected chi connectivity index (χ1v) is 8.78. The maximum atomic E-state index is 13.2. The van der Waals surface area contributed by atoms with Crippen molar-refractivity contribution in [3.05, 3.63) is 57.0 Å². The lowest BCUT2D eigenvalue weighted by Crippen LogP contribution is -2.48. The second-order valence-electron chi connectivity index (χ2n) is 5.67. The van der Waals surface area contributed by atoms with E-state index in [1.165, 1.54) is 17.0 Å². The minimum absolute atomic E-state index is 0.0643. The van der Waals surface area contributed by atoms with Crippen LogP contribution in [-0.4, -0.2) is 41.9 Å². The Kier molecular flexibility index (Phi) is 5.30. The molecule has 0 aliphatic carbocycles. The van der Waals surface area contributed by atoms with Crippen molar-refractivity contribution in [1.29, 1.82) is 0 Å². The highest BCUT2D eigenvalue weighted by Gasteiger charge is 2.21. The molecule has 3 rings (SSSR count). The summed E-state index contributed by atoms with van der Waals surface area (Å²) in [5.74, 6) is -0.232. The van der Waals surface area contributed by atoms with E-state index in [-0.39, 0.29) is 18.1 Å². The Morgan fingerprint density at radius 3 is 2.61 bits per heavy atom. The van der Waals surface area contributed by atoms with E-state index in [0.29, 0.717) is 13.1 Å². The third-order valence-electron chi connectivity index (χ3n) is 3.98. The summed E-state index contributed by atoms with van der Waals surface area (Å²) in [6.45, 7) is 4.01. The van der Waals surface area contributed by atoms with Gasteiger partial charge in [-0.05, 0) is 29.8 Å². The zero-order chi connectivity index (χ0) is 16.2. The molecular weight excluding hydrogens is 335 g/mol. The number of rotatable bonds is 4. The van der Waals surface area contributed by atoms with Crippen LogP contribution in [0.1, 0.15) is 10.4 Å². The van der Waals surface area contributed by atoms with Gasteiger partial charge in [0.05, 0.1) is 10.8 Å². The van der Waals surface area contributed by atoms with Crippen LogP contribution in [0, 0.1) is 5.82 Å². The fourth-order valence-corrected chi connectivity index (χ4v) is 3.88. The van der Waals surface area contributed by atoms with Gasteiger partial charge in [-0.25, -0.2) is 4.39 Å². The van der Waals surface area contributed by atoms with Gasteiger partial charge in [-0.3, -0.25) is 9.69 Å². The minimum Gasteiger partial charge on any atom is -0.340 e. The van der Waals surface area contributed by atoms with Gasteiger partial charge in [0.1, 0.15) is 5.82 Å². The van der Waals surface area contributed by atoms with E-state index >= 15 is 0 Å². The van der Waals surface area contributed by atoms with E-state index in [4.69, 9.17) is 11.6 Å². The van der Waals surface area contributed by atoms with E-state index < -0.39 is 0 Å². The second-order valence-corrected chi connectivity index (χ2v) is 7.47. The van der Waals surface area contributed by atoms with Crippen LogP contribution in [0.5, 0.6) is 0 Å². The predicted molar refractivity (Wildman–Crippen MR) is 91.3 cm³/mol. The lowest BCUT2D eigenvalue weighted by Gasteiger charge is -2.34. The quantitative estimate of drug-likeness (QED) is 0.841. The van der Waals surface area contributed by atoms with Crippen molar-refractivity contribution in [2.24, 2.45) is 0 Å². The number of piperazine rings is 1. The number of hydrogen-bond donors (Lipinski definition) is 0. The second kappa shape index (κ2) is 7.43. The van der Waals surface area contributed by atoms with Crippen molar-refractivity contribution in [3.63, 3.8) is 0 Å². The van der Waals surface area contributed by atoms with Crippen LogP contribution in [0.2, 0.25) is 4.34 Å². The van der Waals surface area contributed by atoms with Crippen molar-refractivity contribution in [1.82, 2.24) is 9.80 Å². The van der Waals surface area contributed by atoms with Gasteiger partial charge in [-0.2, -0.15) is 0 Å². The first kappa shape index (κ1) is 16.4. The van der Waals surface area contributed by atoms with Crippen molar-refractivity contribution in [2.75, 3.05) is 26.2 Å². The molecular formula is C17H18ClFN2OS. The average Bonchev–Trinajstić information content (AvgIpc) is 2.93. The molecule has 23 heavy (non-hydrogen) atoms. The third-order valence-corrected chi connectivity index (χ3v) is 5.19. The minimum atomic E-state index is -0.297. The highest BCUT2D eigenvalue weighted by atomic mass is 35.5. The van der Waals surface area contributed by atoms with Crippen LogP contribution >= 0.6 is 22.9 Å². The SMILES string of the molecule is O=C(Cc1cccc(F)c1)N1CCN(Cc2ccc(Cl)s2)CC1.